The van der Waals surface area contributed by atoms with Crippen molar-refractivity contribution in [2.24, 2.45) is 0 Å². The lowest BCUT2D eigenvalue weighted by molar-refractivity contribution is 0.0648. The van der Waals surface area contributed by atoms with Crippen molar-refractivity contribution in [2.75, 3.05) is 0 Å². The van der Waals surface area contributed by atoms with Crippen LogP contribution in [-0.2, 0) is 11.4 Å². The minimum Gasteiger partial charge on any atom is -0.271 e. The van der Waals surface area contributed by atoms with Crippen molar-refractivity contribution in [3.05, 3.63) is 77.9 Å². The molecule has 0 unspecified atom stereocenters. The van der Waals surface area contributed by atoms with Gasteiger partial charge in [-0.2, -0.15) is 0 Å². The Balaban J connectivity index is 1.86. The predicted molar refractivity (Wildman–Crippen MR) is 74.6 cm³/mol. The second kappa shape index (κ2) is 6.03. The van der Waals surface area contributed by atoms with Gasteiger partial charge in [0, 0.05) is 0 Å². The summed E-state index contributed by atoms with van der Waals surface area (Å²) >= 11 is 0. The number of nitrogens with one attached hydrogen (secondary N) is 1. The Bertz CT molecular complexity index is 520. The highest BCUT2D eigenvalue weighted by Gasteiger charge is 1.99. The van der Waals surface area contributed by atoms with Crippen LogP contribution in [0.1, 0.15) is 16.7 Å². The average Bonchev–Trinajstić information content (AvgIpc) is 2.40. The molecule has 92 valence electrons. The summed E-state index contributed by atoms with van der Waals surface area (Å²) in [6, 6.07) is 18.2. The van der Waals surface area contributed by atoms with Gasteiger partial charge in [0.05, 0.1) is 12.3 Å². The van der Waals surface area contributed by atoms with Crippen LogP contribution < -0.4 is 5.48 Å². The first-order valence-corrected chi connectivity index (χ1v) is 5.93. The minimum absolute atomic E-state index is 0.520. The quantitative estimate of drug-likeness (QED) is 0.803. The van der Waals surface area contributed by atoms with E-state index in [1.165, 1.54) is 5.56 Å². The Morgan fingerprint density at radius 1 is 1.11 bits per heavy atom. The number of aryl methyl sites for hydroxylation is 1. The van der Waals surface area contributed by atoms with Crippen molar-refractivity contribution < 1.29 is 4.84 Å². The summed E-state index contributed by atoms with van der Waals surface area (Å²) in [6.07, 6.45) is 0. The Hall–Kier alpha value is -2.06. The molecule has 0 aliphatic heterocycles. The Kier molecular flexibility index (Phi) is 4.15. The molecule has 1 N–H and O–H groups in total. The van der Waals surface area contributed by atoms with Crippen LogP contribution in [-0.4, -0.2) is 0 Å². The van der Waals surface area contributed by atoms with E-state index in [2.05, 4.69) is 31.1 Å². The first-order chi connectivity index (χ1) is 8.75. The van der Waals surface area contributed by atoms with Crippen LogP contribution in [0.5, 0.6) is 0 Å². The Morgan fingerprint density at radius 3 is 2.61 bits per heavy atom. The van der Waals surface area contributed by atoms with E-state index in [9.17, 15) is 0 Å². The average molecular weight is 239 g/mol. The van der Waals surface area contributed by atoms with Crippen molar-refractivity contribution in [1.29, 1.82) is 0 Å². The van der Waals surface area contributed by atoms with E-state index >= 15 is 0 Å². The number of hydroxylamine groups is 1. The molecular formula is C16H17NO. The fraction of sp³-hybridized carbons (Fsp3) is 0.125. The monoisotopic (exact) mass is 239 g/mol. The van der Waals surface area contributed by atoms with Crippen molar-refractivity contribution in [3.63, 3.8) is 0 Å². The van der Waals surface area contributed by atoms with Gasteiger partial charge in [-0.25, -0.2) is 0 Å². The normalized spacial score (nSPS) is 10.1. The summed E-state index contributed by atoms with van der Waals surface area (Å²) in [4.78, 5) is 5.43. The topological polar surface area (TPSA) is 21.3 Å². The van der Waals surface area contributed by atoms with Gasteiger partial charge in [0.2, 0.25) is 0 Å². The fourth-order valence-electron chi connectivity index (χ4n) is 1.67. The molecule has 2 aromatic rings. The molecule has 0 aliphatic rings. The van der Waals surface area contributed by atoms with E-state index in [0.29, 0.717) is 6.61 Å². The maximum Gasteiger partial charge on any atom is 0.0996 e. The van der Waals surface area contributed by atoms with Crippen molar-refractivity contribution in [1.82, 2.24) is 5.48 Å². The van der Waals surface area contributed by atoms with Crippen molar-refractivity contribution in [3.8, 4) is 0 Å². The van der Waals surface area contributed by atoms with Crippen LogP contribution in [0.3, 0.4) is 0 Å². The van der Waals surface area contributed by atoms with Gasteiger partial charge in [-0.15, -0.1) is 0 Å². The summed E-state index contributed by atoms with van der Waals surface area (Å²) in [5.41, 5.74) is 7.03. The number of rotatable bonds is 5. The van der Waals surface area contributed by atoms with Gasteiger partial charge in [-0.1, -0.05) is 60.7 Å². The first kappa shape index (κ1) is 12.4. The van der Waals surface area contributed by atoms with E-state index in [1.807, 2.05) is 42.5 Å². The zero-order valence-electron chi connectivity index (χ0n) is 10.5. The zero-order chi connectivity index (χ0) is 12.8. The third-order valence-corrected chi connectivity index (χ3v) is 2.64. The summed E-state index contributed by atoms with van der Waals surface area (Å²) in [5.74, 6) is 0. The van der Waals surface area contributed by atoms with Crippen molar-refractivity contribution in [2.45, 2.75) is 13.5 Å². The molecule has 2 heteroatoms. The SMILES string of the molecule is C=C(NOCc1ccccc1)c1cccc(C)c1. The lowest BCUT2D eigenvalue weighted by atomic mass is 10.1. The third-order valence-electron chi connectivity index (χ3n) is 2.64. The van der Waals surface area contributed by atoms with Gasteiger partial charge in [0.1, 0.15) is 0 Å². The summed E-state index contributed by atoms with van der Waals surface area (Å²) in [6.45, 7) is 6.54. The van der Waals surface area contributed by atoms with Gasteiger partial charge >= 0.3 is 0 Å². The molecule has 18 heavy (non-hydrogen) atoms. The van der Waals surface area contributed by atoms with Gasteiger partial charge in [0.25, 0.3) is 0 Å². The molecule has 2 aromatic carbocycles. The zero-order valence-corrected chi connectivity index (χ0v) is 10.5. The predicted octanol–water partition coefficient (Wildman–Crippen LogP) is 3.69. The highest BCUT2D eigenvalue weighted by molar-refractivity contribution is 5.61. The van der Waals surface area contributed by atoms with E-state index in [-0.39, 0.29) is 0 Å². The second-order valence-electron chi connectivity index (χ2n) is 4.22. The Labute approximate surface area is 108 Å². The van der Waals surface area contributed by atoms with Gasteiger partial charge in [0.15, 0.2) is 0 Å². The maximum atomic E-state index is 5.43. The molecular weight excluding hydrogens is 222 g/mol. The maximum absolute atomic E-state index is 5.43. The van der Waals surface area contributed by atoms with E-state index in [4.69, 9.17) is 4.84 Å². The molecule has 0 amide bonds. The highest BCUT2D eigenvalue weighted by Crippen LogP contribution is 2.11. The van der Waals surface area contributed by atoms with Crippen LogP contribution >= 0.6 is 0 Å². The molecule has 0 aliphatic carbocycles. The van der Waals surface area contributed by atoms with Crippen molar-refractivity contribution >= 4 is 5.70 Å². The van der Waals surface area contributed by atoms with Crippen LogP contribution in [0, 0.1) is 6.92 Å². The van der Waals surface area contributed by atoms with Crippen LogP contribution in [0.4, 0.5) is 0 Å². The highest BCUT2D eigenvalue weighted by atomic mass is 16.6. The lowest BCUT2D eigenvalue weighted by Crippen LogP contribution is -2.12. The Morgan fingerprint density at radius 2 is 1.89 bits per heavy atom. The number of benzene rings is 2. The van der Waals surface area contributed by atoms with E-state index in [0.717, 1.165) is 16.8 Å². The summed E-state index contributed by atoms with van der Waals surface area (Å²) < 4.78 is 0. The standard InChI is InChI=1S/C16H17NO/c1-13-7-6-10-16(11-13)14(2)17-18-12-15-8-4-3-5-9-15/h3-11,17H,2,12H2,1H3. The number of hydrogen-bond acceptors (Lipinski definition) is 2. The molecule has 0 heterocycles. The fourth-order valence-corrected chi connectivity index (χ4v) is 1.67. The van der Waals surface area contributed by atoms with E-state index < -0.39 is 0 Å². The minimum atomic E-state index is 0.520. The molecule has 0 saturated carbocycles. The van der Waals surface area contributed by atoms with Gasteiger partial charge in [-0.05, 0) is 24.1 Å². The van der Waals surface area contributed by atoms with Gasteiger partial charge < -0.3 is 0 Å². The van der Waals surface area contributed by atoms with Crippen LogP contribution in [0.15, 0.2) is 61.2 Å². The molecule has 2 rings (SSSR count). The smallest absolute Gasteiger partial charge is 0.0996 e. The molecule has 0 radical (unpaired) electrons. The second-order valence-corrected chi connectivity index (χ2v) is 4.22. The van der Waals surface area contributed by atoms with Crippen LogP contribution in [0.2, 0.25) is 0 Å². The molecule has 0 bridgehead atoms. The number of hydrogen-bond donors (Lipinski definition) is 1. The van der Waals surface area contributed by atoms with Crippen LogP contribution in [0.25, 0.3) is 5.70 Å². The summed E-state index contributed by atoms with van der Waals surface area (Å²) in [7, 11) is 0. The third kappa shape index (κ3) is 3.47. The summed E-state index contributed by atoms with van der Waals surface area (Å²) in [5, 5.41) is 0. The first-order valence-electron chi connectivity index (χ1n) is 5.93. The van der Waals surface area contributed by atoms with Gasteiger partial charge in [-0.3, -0.25) is 10.3 Å². The molecule has 0 fully saturated rings. The lowest BCUT2D eigenvalue weighted by Gasteiger charge is -2.10. The van der Waals surface area contributed by atoms with E-state index in [1.54, 1.807) is 0 Å². The largest absolute Gasteiger partial charge is 0.271 e. The molecule has 0 aromatic heterocycles. The molecule has 0 atom stereocenters. The molecule has 2 nitrogen and oxygen atoms in total. The molecule has 0 spiro atoms. The molecule has 0 saturated heterocycles.